The van der Waals surface area contributed by atoms with Gasteiger partial charge in [0.25, 0.3) is 0 Å². The van der Waals surface area contributed by atoms with Crippen LogP contribution in [0, 0.1) is 0 Å². The van der Waals surface area contributed by atoms with Gasteiger partial charge in [-0.15, -0.1) is 0 Å². The molecular weight excluding hydrogens is 213 g/mol. The Morgan fingerprint density at radius 2 is 2.00 bits per heavy atom. The number of hydroxylamine groups is 1. The molecule has 5 heteroatoms. The lowest BCUT2D eigenvalue weighted by Crippen LogP contribution is -2.13. The molecule has 13 heavy (non-hydrogen) atoms. The zero-order valence-corrected chi connectivity index (χ0v) is 8.39. The number of rotatable bonds is 2. The van der Waals surface area contributed by atoms with Gasteiger partial charge in [-0.1, -0.05) is 23.2 Å². The number of hydrogen-bond donors (Lipinski definition) is 3. The molecule has 1 atom stereocenters. The zero-order chi connectivity index (χ0) is 10.0. The molecule has 0 aromatic heterocycles. The van der Waals surface area contributed by atoms with Gasteiger partial charge in [0, 0.05) is 10.6 Å². The van der Waals surface area contributed by atoms with E-state index in [1.165, 1.54) is 12.1 Å². The summed E-state index contributed by atoms with van der Waals surface area (Å²) >= 11 is 11.4. The first-order chi connectivity index (χ1) is 6.06. The van der Waals surface area contributed by atoms with Crippen molar-refractivity contribution < 1.29 is 10.3 Å². The molecule has 1 unspecified atom stereocenters. The monoisotopic (exact) mass is 221 g/mol. The molecule has 0 saturated carbocycles. The van der Waals surface area contributed by atoms with Gasteiger partial charge < -0.3 is 10.3 Å². The second-order valence-electron chi connectivity index (χ2n) is 2.68. The number of aromatic hydroxyl groups is 1. The molecule has 1 rings (SSSR count). The van der Waals surface area contributed by atoms with Crippen LogP contribution in [0.1, 0.15) is 18.5 Å². The van der Waals surface area contributed by atoms with Crippen LogP contribution in [0.4, 0.5) is 0 Å². The molecule has 3 N–H and O–H groups in total. The molecular formula is C8H9Cl2NO2. The molecule has 0 heterocycles. The second kappa shape index (κ2) is 4.15. The summed E-state index contributed by atoms with van der Waals surface area (Å²) in [4.78, 5) is 0. The summed E-state index contributed by atoms with van der Waals surface area (Å²) in [5.41, 5.74) is 2.46. The SMILES string of the molecule is CC(NO)c1cc(Cl)cc(Cl)c1O. The van der Waals surface area contributed by atoms with Crippen molar-refractivity contribution in [2.24, 2.45) is 0 Å². The Balaban J connectivity index is 3.20. The van der Waals surface area contributed by atoms with Gasteiger partial charge in [0.15, 0.2) is 0 Å². The van der Waals surface area contributed by atoms with Gasteiger partial charge in [-0.25, -0.2) is 0 Å². The van der Waals surface area contributed by atoms with E-state index in [2.05, 4.69) is 0 Å². The minimum absolute atomic E-state index is 0.0693. The van der Waals surface area contributed by atoms with Crippen molar-refractivity contribution in [2.75, 3.05) is 0 Å². The smallest absolute Gasteiger partial charge is 0.139 e. The van der Waals surface area contributed by atoms with Gasteiger partial charge in [-0.3, -0.25) is 0 Å². The van der Waals surface area contributed by atoms with Crippen LogP contribution in [0.3, 0.4) is 0 Å². The van der Waals surface area contributed by atoms with E-state index in [9.17, 15) is 5.11 Å². The maximum atomic E-state index is 9.48. The van der Waals surface area contributed by atoms with E-state index in [1.807, 2.05) is 5.48 Å². The number of hydrogen-bond acceptors (Lipinski definition) is 3. The minimum atomic E-state index is -0.420. The highest BCUT2D eigenvalue weighted by atomic mass is 35.5. The van der Waals surface area contributed by atoms with E-state index in [-0.39, 0.29) is 10.8 Å². The fourth-order valence-electron chi connectivity index (χ4n) is 0.986. The van der Waals surface area contributed by atoms with Crippen molar-refractivity contribution in [1.29, 1.82) is 0 Å². The molecule has 0 aliphatic heterocycles. The number of phenolic OH excluding ortho intramolecular Hbond substituents is 1. The van der Waals surface area contributed by atoms with Crippen molar-refractivity contribution in [3.05, 3.63) is 27.7 Å². The van der Waals surface area contributed by atoms with Crippen molar-refractivity contribution in [1.82, 2.24) is 5.48 Å². The lowest BCUT2D eigenvalue weighted by molar-refractivity contribution is 0.132. The van der Waals surface area contributed by atoms with E-state index in [0.29, 0.717) is 10.6 Å². The van der Waals surface area contributed by atoms with Gasteiger partial charge >= 0.3 is 0 Å². The third-order valence-corrected chi connectivity index (χ3v) is 2.22. The van der Waals surface area contributed by atoms with Crippen LogP contribution in [-0.2, 0) is 0 Å². The van der Waals surface area contributed by atoms with Crippen molar-refractivity contribution in [3.63, 3.8) is 0 Å². The molecule has 1 aromatic rings. The first kappa shape index (κ1) is 10.6. The Kier molecular flexibility index (Phi) is 3.39. The van der Waals surface area contributed by atoms with E-state index >= 15 is 0 Å². The summed E-state index contributed by atoms with van der Waals surface area (Å²) in [5, 5.41) is 18.7. The molecule has 0 aliphatic rings. The summed E-state index contributed by atoms with van der Waals surface area (Å²) in [6.07, 6.45) is 0. The number of phenols is 1. The molecule has 1 aromatic carbocycles. The van der Waals surface area contributed by atoms with E-state index < -0.39 is 6.04 Å². The first-order valence-corrected chi connectivity index (χ1v) is 4.39. The third-order valence-electron chi connectivity index (χ3n) is 1.72. The Morgan fingerprint density at radius 3 is 2.54 bits per heavy atom. The third kappa shape index (κ3) is 2.25. The molecule has 0 bridgehead atoms. The summed E-state index contributed by atoms with van der Waals surface area (Å²) in [6, 6.07) is 2.55. The average Bonchev–Trinajstić information content (AvgIpc) is 2.10. The Morgan fingerprint density at radius 1 is 1.38 bits per heavy atom. The average molecular weight is 222 g/mol. The van der Waals surface area contributed by atoms with Gasteiger partial charge in [0.05, 0.1) is 11.1 Å². The van der Waals surface area contributed by atoms with Crippen LogP contribution < -0.4 is 5.48 Å². The summed E-state index contributed by atoms with van der Waals surface area (Å²) in [6.45, 7) is 1.67. The second-order valence-corrected chi connectivity index (χ2v) is 3.52. The molecule has 0 radical (unpaired) electrons. The fraction of sp³-hybridized carbons (Fsp3) is 0.250. The maximum absolute atomic E-state index is 9.48. The molecule has 0 spiro atoms. The van der Waals surface area contributed by atoms with Crippen LogP contribution in [0.25, 0.3) is 0 Å². The highest BCUT2D eigenvalue weighted by Gasteiger charge is 2.13. The minimum Gasteiger partial charge on any atom is -0.506 e. The first-order valence-electron chi connectivity index (χ1n) is 3.63. The highest BCUT2D eigenvalue weighted by Crippen LogP contribution is 2.34. The van der Waals surface area contributed by atoms with Crippen molar-refractivity contribution in [3.8, 4) is 5.75 Å². The van der Waals surface area contributed by atoms with Crippen LogP contribution in [0.5, 0.6) is 5.75 Å². The van der Waals surface area contributed by atoms with Gasteiger partial charge in [-0.2, -0.15) is 5.48 Å². The number of benzene rings is 1. The molecule has 0 saturated heterocycles. The standard InChI is InChI=1S/C8H9Cl2NO2/c1-4(11-13)6-2-5(9)3-7(10)8(6)12/h2-4,11-13H,1H3. The zero-order valence-electron chi connectivity index (χ0n) is 6.88. The van der Waals surface area contributed by atoms with Gasteiger partial charge in [0.2, 0.25) is 0 Å². The molecule has 0 amide bonds. The van der Waals surface area contributed by atoms with Crippen molar-refractivity contribution >= 4 is 23.2 Å². The van der Waals surface area contributed by atoms with Crippen LogP contribution in [-0.4, -0.2) is 10.3 Å². The van der Waals surface area contributed by atoms with Gasteiger partial charge in [-0.05, 0) is 19.1 Å². The summed E-state index contributed by atoms with van der Waals surface area (Å²) in [5.74, 6) is -0.0693. The molecule has 0 aliphatic carbocycles. The van der Waals surface area contributed by atoms with E-state index in [1.54, 1.807) is 6.92 Å². The normalized spacial score (nSPS) is 12.9. The molecule has 0 fully saturated rings. The lowest BCUT2D eigenvalue weighted by Gasteiger charge is -2.12. The lowest BCUT2D eigenvalue weighted by atomic mass is 10.1. The van der Waals surface area contributed by atoms with Crippen molar-refractivity contribution in [2.45, 2.75) is 13.0 Å². The van der Waals surface area contributed by atoms with Crippen LogP contribution in [0.15, 0.2) is 12.1 Å². The molecule has 72 valence electrons. The Hall–Kier alpha value is -0.480. The number of halogens is 2. The van der Waals surface area contributed by atoms with E-state index in [4.69, 9.17) is 28.4 Å². The predicted octanol–water partition coefficient (Wildman–Crippen LogP) is 2.74. The fourth-order valence-corrected chi connectivity index (χ4v) is 1.49. The van der Waals surface area contributed by atoms with Gasteiger partial charge in [0.1, 0.15) is 5.75 Å². The predicted molar refractivity (Wildman–Crippen MR) is 51.5 cm³/mol. The van der Waals surface area contributed by atoms with E-state index in [0.717, 1.165) is 0 Å². The summed E-state index contributed by atoms with van der Waals surface area (Å²) < 4.78 is 0. The Labute approximate surface area is 85.9 Å². The quantitative estimate of drug-likeness (QED) is 0.674. The Bertz CT molecular complexity index is 317. The number of nitrogens with one attached hydrogen (secondary N) is 1. The summed E-state index contributed by atoms with van der Waals surface area (Å²) in [7, 11) is 0. The maximum Gasteiger partial charge on any atom is 0.139 e. The largest absolute Gasteiger partial charge is 0.506 e. The highest BCUT2D eigenvalue weighted by molar-refractivity contribution is 6.35. The van der Waals surface area contributed by atoms with Crippen LogP contribution in [0.2, 0.25) is 10.0 Å². The van der Waals surface area contributed by atoms with Crippen LogP contribution >= 0.6 is 23.2 Å². The molecule has 3 nitrogen and oxygen atoms in total. The topological polar surface area (TPSA) is 52.5 Å².